The van der Waals surface area contributed by atoms with Gasteiger partial charge in [-0.25, -0.2) is 0 Å². The molecular weight excluding hydrogens is 406 g/mol. The fraction of sp³-hybridized carbons (Fsp3) is 0.308. The van der Waals surface area contributed by atoms with Gasteiger partial charge in [0, 0.05) is 28.0 Å². The zero-order chi connectivity index (χ0) is 22.9. The first-order chi connectivity index (χ1) is 14.5. The van der Waals surface area contributed by atoms with E-state index in [-0.39, 0.29) is 11.1 Å². The molecular formula is C26H28ClN3O. The van der Waals surface area contributed by atoms with E-state index in [1.165, 1.54) is 5.57 Å². The molecule has 2 aromatic carbocycles. The molecule has 1 heterocycles. The van der Waals surface area contributed by atoms with E-state index in [0.29, 0.717) is 16.8 Å². The number of allylic oxidation sites excluding steroid dienone is 1. The second kappa shape index (κ2) is 8.61. The number of hydrogen-bond acceptors (Lipinski definition) is 3. The Bertz CT molecular complexity index is 1140. The second-order valence-corrected chi connectivity index (χ2v) is 9.16. The Morgan fingerprint density at radius 1 is 1.23 bits per heavy atom. The molecule has 1 aliphatic rings. The van der Waals surface area contributed by atoms with E-state index in [2.05, 4.69) is 57.0 Å². The van der Waals surface area contributed by atoms with Crippen LogP contribution in [-0.4, -0.2) is 17.5 Å². The third-order valence-corrected chi connectivity index (χ3v) is 6.01. The molecule has 1 amide bonds. The Morgan fingerprint density at radius 3 is 2.58 bits per heavy atom. The Labute approximate surface area is 189 Å². The molecule has 160 valence electrons. The van der Waals surface area contributed by atoms with Crippen LogP contribution < -0.4 is 10.2 Å². The highest BCUT2D eigenvalue weighted by Gasteiger charge is 2.32. The zero-order valence-corrected chi connectivity index (χ0v) is 19.6. The van der Waals surface area contributed by atoms with Gasteiger partial charge in [0.1, 0.15) is 11.6 Å². The molecule has 0 aromatic heterocycles. The molecule has 0 aliphatic carbocycles. The number of amides is 1. The summed E-state index contributed by atoms with van der Waals surface area (Å²) < 4.78 is 0. The van der Waals surface area contributed by atoms with Gasteiger partial charge in [-0.15, -0.1) is 0 Å². The molecule has 0 fully saturated rings. The van der Waals surface area contributed by atoms with Crippen LogP contribution in [0.2, 0.25) is 5.02 Å². The molecule has 0 saturated carbocycles. The van der Waals surface area contributed by atoms with Gasteiger partial charge >= 0.3 is 0 Å². The normalized spacial score (nSPS) is 15.3. The highest BCUT2D eigenvalue weighted by Crippen LogP contribution is 2.40. The molecule has 0 radical (unpaired) electrons. The SMILES string of the molecule is CC1=CC(C)(C)N(C(C)C)c2ccc(/C=C(/C#N)C(=O)Nc3cccc(Cl)c3C)cc21. The number of carbonyl (C=O) groups is 1. The zero-order valence-electron chi connectivity index (χ0n) is 18.9. The van der Waals surface area contributed by atoms with Gasteiger partial charge in [0.05, 0.1) is 5.54 Å². The first-order valence-corrected chi connectivity index (χ1v) is 10.7. The lowest BCUT2D eigenvalue weighted by Crippen LogP contribution is -2.49. The van der Waals surface area contributed by atoms with Crippen molar-refractivity contribution in [2.45, 2.75) is 53.1 Å². The summed E-state index contributed by atoms with van der Waals surface area (Å²) >= 11 is 6.14. The fourth-order valence-electron chi connectivity index (χ4n) is 4.35. The monoisotopic (exact) mass is 433 g/mol. The number of anilines is 2. The highest BCUT2D eigenvalue weighted by molar-refractivity contribution is 6.31. The maximum Gasteiger partial charge on any atom is 0.266 e. The molecule has 0 spiro atoms. The Morgan fingerprint density at radius 2 is 1.94 bits per heavy atom. The highest BCUT2D eigenvalue weighted by atomic mass is 35.5. The van der Waals surface area contributed by atoms with Gasteiger partial charge in [-0.1, -0.05) is 29.8 Å². The van der Waals surface area contributed by atoms with Crippen molar-refractivity contribution in [1.82, 2.24) is 0 Å². The topological polar surface area (TPSA) is 56.1 Å². The standard InChI is InChI=1S/C26H28ClN3O/c1-16(2)30-24-11-10-19(13-21(24)17(3)14-26(30,5)6)12-20(15-28)25(31)29-23-9-7-8-22(27)18(23)4/h7-14,16H,1-6H3,(H,29,31)/b20-12-. The van der Waals surface area contributed by atoms with E-state index in [1.54, 1.807) is 24.3 Å². The molecule has 0 saturated heterocycles. The second-order valence-electron chi connectivity index (χ2n) is 8.76. The van der Waals surface area contributed by atoms with Gasteiger partial charge in [-0.2, -0.15) is 5.26 Å². The molecule has 1 aliphatic heterocycles. The third-order valence-electron chi connectivity index (χ3n) is 5.60. The largest absolute Gasteiger partial charge is 0.360 e. The lowest BCUT2D eigenvalue weighted by atomic mass is 9.87. The van der Waals surface area contributed by atoms with Crippen molar-refractivity contribution >= 4 is 40.5 Å². The first kappa shape index (κ1) is 22.7. The van der Waals surface area contributed by atoms with Crippen LogP contribution >= 0.6 is 11.6 Å². The minimum absolute atomic E-state index is 0.0396. The summed E-state index contributed by atoms with van der Waals surface area (Å²) in [6, 6.07) is 13.7. The molecule has 0 atom stereocenters. The van der Waals surface area contributed by atoms with Crippen molar-refractivity contribution in [1.29, 1.82) is 5.26 Å². The van der Waals surface area contributed by atoms with Crippen LogP contribution in [0.25, 0.3) is 11.6 Å². The van der Waals surface area contributed by atoms with E-state index in [0.717, 1.165) is 22.4 Å². The maximum absolute atomic E-state index is 12.7. The summed E-state index contributed by atoms with van der Waals surface area (Å²) in [6.45, 7) is 12.7. The minimum atomic E-state index is -0.456. The Hall–Kier alpha value is -3.03. The van der Waals surface area contributed by atoms with Crippen LogP contribution in [0.4, 0.5) is 11.4 Å². The summed E-state index contributed by atoms with van der Waals surface area (Å²) in [5, 5.41) is 13.0. The van der Waals surface area contributed by atoms with E-state index in [1.807, 2.05) is 25.1 Å². The van der Waals surface area contributed by atoms with Crippen molar-refractivity contribution in [3.05, 3.63) is 69.8 Å². The van der Waals surface area contributed by atoms with Gasteiger partial charge < -0.3 is 10.2 Å². The van der Waals surface area contributed by atoms with Crippen molar-refractivity contribution in [3.63, 3.8) is 0 Å². The van der Waals surface area contributed by atoms with Crippen molar-refractivity contribution in [3.8, 4) is 6.07 Å². The summed E-state index contributed by atoms with van der Waals surface area (Å²) in [6.07, 6.45) is 3.89. The summed E-state index contributed by atoms with van der Waals surface area (Å²) in [7, 11) is 0. The molecule has 3 rings (SSSR count). The predicted molar refractivity (Wildman–Crippen MR) is 130 cm³/mol. The number of hydrogen-bond donors (Lipinski definition) is 1. The Balaban J connectivity index is 1.96. The number of fused-ring (bicyclic) bond motifs is 1. The van der Waals surface area contributed by atoms with E-state index in [4.69, 9.17) is 11.6 Å². The van der Waals surface area contributed by atoms with Gasteiger partial charge in [0.2, 0.25) is 0 Å². The molecule has 2 aromatic rings. The van der Waals surface area contributed by atoms with Crippen molar-refractivity contribution in [2.75, 3.05) is 10.2 Å². The summed E-state index contributed by atoms with van der Waals surface area (Å²) in [5.41, 5.74) is 5.58. The lowest BCUT2D eigenvalue weighted by Gasteiger charge is -2.46. The van der Waals surface area contributed by atoms with Crippen LogP contribution in [0.3, 0.4) is 0 Å². The van der Waals surface area contributed by atoms with Crippen molar-refractivity contribution in [2.24, 2.45) is 0 Å². The van der Waals surface area contributed by atoms with Crippen LogP contribution in [-0.2, 0) is 4.79 Å². The smallest absolute Gasteiger partial charge is 0.266 e. The third kappa shape index (κ3) is 4.52. The van der Waals surface area contributed by atoms with Crippen LogP contribution in [0, 0.1) is 18.3 Å². The number of rotatable bonds is 4. The van der Waals surface area contributed by atoms with Crippen LogP contribution in [0.1, 0.15) is 51.3 Å². The minimum Gasteiger partial charge on any atom is -0.360 e. The number of benzene rings is 2. The van der Waals surface area contributed by atoms with E-state index < -0.39 is 5.91 Å². The van der Waals surface area contributed by atoms with Gasteiger partial charge in [-0.05, 0) is 88.6 Å². The van der Waals surface area contributed by atoms with Crippen LogP contribution in [0.5, 0.6) is 0 Å². The number of nitriles is 1. The van der Waals surface area contributed by atoms with Gasteiger partial charge in [0.25, 0.3) is 5.91 Å². The van der Waals surface area contributed by atoms with Crippen molar-refractivity contribution < 1.29 is 4.79 Å². The number of carbonyl (C=O) groups excluding carboxylic acids is 1. The number of nitrogens with zero attached hydrogens (tertiary/aromatic N) is 2. The molecule has 0 bridgehead atoms. The average molecular weight is 434 g/mol. The first-order valence-electron chi connectivity index (χ1n) is 10.4. The fourth-order valence-corrected chi connectivity index (χ4v) is 4.52. The number of nitrogens with one attached hydrogen (secondary N) is 1. The number of halogens is 1. The van der Waals surface area contributed by atoms with Gasteiger partial charge in [0.15, 0.2) is 0 Å². The summed E-state index contributed by atoms with van der Waals surface area (Å²) in [4.78, 5) is 15.1. The lowest BCUT2D eigenvalue weighted by molar-refractivity contribution is -0.112. The predicted octanol–water partition coefficient (Wildman–Crippen LogP) is 6.60. The van der Waals surface area contributed by atoms with Gasteiger partial charge in [-0.3, -0.25) is 4.79 Å². The quantitative estimate of drug-likeness (QED) is 0.436. The van der Waals surface area contributed by atoms with E-state index in [9.17, 15) is 10.1 Å². The van der Waals surface area contributed by atoms with Crippen LogP contribution in [0.15, 0.2) is 48.0 Å². The summed E-state index contributed by atoms with van der Waals surface area (Å²) in [5.74, 6) is -0.456. The van der Waals surface area contributed by atoms with E-state index >= 15 is 0 Å². The molecule has 1 N–H and O–H groups in total. The Kier molecular flexibility index (Phi) is 6.29. The average Bonchev–Trinajstić information content (AvgIpc) is 2.68. The molecule has 4 nitrogen and oxygen atoms in total. The molecule has 0 unspecified atom stereocenters. The molecule has 31 heavy (non-hydrogen) atoms. The molecule has 5 heteroatoms. The maximum atomic E-state index is 12.7.